The minimum absolute atomic E-state index is 1.04. The van der Waals surface area contributed by atoms with Gasteiger partial charge in [-0.1, -0.05) is 97.1 Å². The van der Waals surface area contributed by atoms with Crippen molar-refractivity contribution in [3.8, 4) is 33.6 Å². The van der Waals surface area contributed by atoms with E-state index in [1.807, 2.05) is 47.3 Å². The highest BCUT2D eigenvalue weighted by Crippen LogP contribution is 2.29. The van der Waals surface area contributed by atoms with Gasteiger partial charge in [0.1, 0.15) is 6.21 Å². The van der Waals surface area contributed by atoms with Gasteiger partial charge in [0, 0.05) is 23.3 Å². The van der Waals surface area contributed by atoms with Crippen LogP contribution in [0.15, 0.2) is 139 Å². The molecule has 5 aromatic rings. The molecule has 0 aliphatic carbocycles. The Morgan fingerprint density at radius 1 is 0.486 bits per heavy atom. The summed E-state index contributed by atoms with van der Waals surface area (Å²) in [6, 6.07) is 46.0. The van der Waals surface area contributed by atoms with E-state index >= 15 is 0 Å². The Morgan fingerprint density at radius 2 is 0.838 bits per heavy atom. The van der Waals surface area contributed by atoms with Gasteiger partial charge < -0.3 is 17.3 Å². The highest BCUT2D eigenvalue weighted by molar-refractivity contribution is 6.50. The fourth-order valence-electron chi connectivity index (χ4n) is 3.80. The Labute approximate surface area is 213 Å². The molecule has 5 rings (SSSR count). The SMILES string of the molecule is C(=N[n+]1c(-c2ccccc2)cc(-c2ccccc2)cc1-c1ccccc1)c1ccccc1.F[B-](F)(F)F. The molecule has 0 atom stereocenters. The molecule has 2 nitrogen and oxygen atoms in total. The summed E-state index contributed by atoms with van der Waals surface area (Å²) in [5, 5.41) is 4.96. The van der Waals surface area contributed by atoms with Crippen LogP contribution in [-0.2, 0) is 0 Å². The predicted octanol–water partition coefficient (Wildman–Crippen LogP) is 8.16. The maximum absolute atomic E-state index is 9.75. The third kappa shape index (κ3) is 7.48. The van der Waals surface area contributed by atoms with Gasteiger partial charge in [-0.25, -0.2) is 0 Å². The zero-order valence-corrected chi connectivity index (χ0v) is 19.8. The van der Waals surface area contributed by atoms with E-state index in [0.29, 0.717) is 0 Å². The molecule has 0 bridgehead atoms. The van der Waals surface area contributed by atoms with Crippen molar-refractivity contribution < 1.29 is 21.9 Å². The molecule has 1 aromatic heterocycles. The van der Waals surface area contributed by atoms with Crippen LogP contribution in [0.1, 0.15) is 5.56 Å². The Kier molecular flexibility index (Phi) is 8.26. The second kappa shape index (κ2) is 11.9. The molecule has 37 heavy (non-hydrogen) atoms. The van der Waals surface area contributed by atoms with Crippen molar-refractivity contribution in [2.24, 2.45) is 5.10 Å². The van der Waals surface area contributed by atoms with Crippen LogP contribution in [0.25, 0.3) is 33.6 Å². The summed E-state index contributed by atoms with van der Waals surface area (Å²) in [6.45, 7) is 0. The van der Waals surface area contributed by atoms with Crippen molar-refractivity contribution in [2.75, 3.05) is 0 Å². The fourth-order valence-corrected chi connectivity index (χ4v) is 3.80. The maximum atomic E-state index is 9.75. The Morgan fingerprint density at radius 3 is 1.24 bits per heavy atom. The standard InChI is InChI=1S/C30H23N2.BF4/c1-5-13-24(14-6-1)23-31-32-29(26-17-9-3-10-18-26)21-28(25-15-7-2-8-16-25)22-30(32)27-19-11-4-12-20-27;2-1(3,4)5/h1-23H;/q+1;-1. The molecule has 0 aliphatic heterocycles. The summed E-state index contributed by atoms with van der Waals surface area (Å²) >= 11 is 0. The minimum Gasteiger partial charge on any atom is -0.418 e. The summed E-state index contributed by atoms with van der Waals surface area (Å²) in [6.07, 6.45) is 1.92. The first-order chi connectivity index (χ1) is 17.9. The molecule has 0 saturated carbocycles. The van der Waals surface area contributed by atoms with E-state index in [-0.39, 0.29) is 0 Å². The summed E-state index contributed by atoms with van der Waals surface area (Å²) in [4.78, 5) is 0. The highest BCUT2D eigenvalue weighted by Gasteiger charge is 2.23. The summed E-state index contributed by atoms with van der Waals surface area (Å²) in [7, 11) is -6.00. The van der Waals surface area contributed by atoms with E-state index in [1.54, 1.807) is 0 Å². The van der Waals surface area contributed by atoms with Crippen molar-refractivity contribution >= 4 is 13.5 Å². The highest BCUT2D eigenvalue weighted by atomic mass is 19.5. The molecule has 0 amide bonds. The molecule has 0 spiro atoms. The van der Waals surface area contributed by atoms with Crippen molar-refractivity contribution in [3.05, 3.63) is 139 Å². The number of nitrogens with zero attached hydrogens (tertiary/aromatic N) is 2. The quantitative estimate of drug-likeness (QED) is 0.101. The number of hydrogen-bond acceptors (Lipinski definition) is 1. The van der Waals surface area contributed by atoms with Crippen LogP contribution >= 0.6 is 0 Å². The third-order valence-corrected chi connectivity index (χ3v) is 5.41. The first-order valence-electron chi connectivity index (χ1n) is 11.6. The molecule has 1 heterocycles. The monoisotopic (exact) mass is 498 g/mol. The molecule has 4 aromatic carbocycles. The summed E-state index contributed by atoms with van der Waals surface area (Å²) in [5.74, 6) is 0. The van der Waals surface area contributed by atoms with Crippen molar-refractivity contribution in [3.63, 3.8) is 0 Å². The molecule has 0 radical (unpaired) electrons. The van der Waals surface area contributed by atoms with Crippen LogP contribution < -0.4 is 4.68 Å². The number of hydrogen-bond donors (Lipinski definition) is 0. The molecule has 0 aliphatic rings. The van der Waals surface area contributed by atoms with Gasteiger partial charge in [-0.05, 0) is 50.7 Å². The van der Waals surface area contributed by atoms with Gasteiger partial charge in [0.05, 0.1) is 0 Å². The lowest BCUT2D eigenvalue weighted by Crippen LogP contribution is -2.34. The molecule has 0 N–H and O–H groups in total. The average molecular weight is 498 g/mol. The number of pyridine rings is 1. The first-order valence-corrected chi connectivity index (χ1v) is 11.6. The smallest absolute Gasteiger partial charge is 0.418 e. The van der Waals surface area contributed by atoms with Gasteiger partial charge >= 0.3 is 7.25 Å². The molecule has 0 saturated heterocycles. The van der Waals surface area contributed by atoms with Gasteiger partial charge in [-0.2, -0.15) is 0 Å². The molecule has 0 fully saturated rings. The average Bonchev–Trinajstić information content (AvgIpc) is 2.92. The van der Waals surface area contributed by atoms with Crippen LogP contribution in [0.4, 0.5) is 17.3 Å². The van der Waals surface area contributed by atoms with E-state index < -0.39 is 7.25 Å². The van der Waals surface area contributed by atoms with Gasteiger partial charge in [0.15, 0.2) is 0 Å². The van der Waals surface area contributed by atoms with Gasteiger partial charge in [0.25, 0.3) is 0 Å². The Bertz CT molecular complexity index is 1370. The van der Waals surface area contributed by atoms with E-state index in [2.05, 4.69) is 97.1 Å². The van der Waals surface area contributed by atoms with Crippen molar-refractivity contribution in [1.82, 2.24) is 0 Å². The lowest BCUT2D eigenvalue weighted by Gasteiger charge is -2.09. The molecular weight excluding hydrogens is 475 g/mol. The molecule has 0 unspecified atom stereocenters. The van der Waals surface area contributed by atoms with Gasteiger partial charge in [-0.3, -0.25) is 0 Å². The second-order valence-corrected chi connectivity index (χ2v) is 8.07. The Hall–Kier alpha value is -4.52. The van der Waals surface area contributed by atoms with E-state index in [1.165, 1.54) is 5.56 Å². The van der Waals surface area contributed by atoms with Gasteiger partial charge in [-0.15, -0.1) is 0 Å². The predicted molar refractivity (Wildman–Crippen MR) is 143 cm³/mol. The van der Waals surface area contributed by atoms with Crippen LogP contribution in [-0.4, -0.2) is 13.5 Å². The second-order valence-electron chi connectivity index (χ2n) is 8.07. The number of rotatable bonds is 5. The number of benzene rings is 4. The lowest BCUT2D eigenvalue weighted by atomic mass is 10.00. The normalized spacial score (nSPS) is 11.1. The summed E-state index contributed by atoms with van der Waals surface area (Å²) < 4.78 is 41.0. The van der Waals surface area contributed by atoms with Crippen molar-refractivity contribution in [2.45, 2.75) is 0 Å². The van der Waals surface area contributed by atoms with E-state index in [4.69, 9.17) is 5.10 Å². The Balaban J connectivity index is 0.000000586. The number of aromatic nitrogens is 1. The zero-order valence-electron chi connectivity index (χ0n) is 19.8. The van der Waals surface area contributed by atoms with Crippen molar-refractivity contribution in [1.29, 1.82) is 0 Å². The maximum Gasteiger partial charge on any atom is 0.673 e. The van der Waals surface area contributed by atoms with E-state index in [9.17, 15) is 17.3 Å². The lowest BCUT2D eigenvalue weighted by molar-refractivity contribution is -0.656. The molecular formula is C30H23BF4N2. The zero-order chi connectivity index (χ0) is 26.1. The largest absolute Gasteiger partial charge is 0.673 e. The fraction of sp³-hybridized carbons (Fsp3) is 0. The van der Waals surface area contributed by atoms with Crippen LogP contribution in [0.2, 0.25) is 0 Å². The van der Waals surface area contributed by atoms with Crippen LogP contribution in [0.3, 0.4) is 0 Å². The minimum atomic E-state index is -6.00. The third-order valence-electron chi connectivity index (χ3n) is 5.41. The van der Waals surface area contributed by atoms with Crippen LogP contribution in [0, 0.1) is 0 Å². The van der Waals surface area contributed by atoms with Crippen LogP contribution in [0.5, 0.6) is 0 Å². The summed E-state index contributed by atoms with van der Waals surface area (Å²) in [5.41, 5.74) is 7.72. The topological polar surface area (TPSA) is 16.2 Å². The van der Waals surface area contributed by atoms with Gasteiger partial charge in [0.2, 0.25) is 11.4 Å². The first kappa shape index (κ1) is 25.6. The molecule has 7 heteroatoms. The van der Waals surface area contributed by atoms with E-state index in [0.717, 1.165) is 33.6 Å². The number of halogens is 4. The molecule has 184 valence electrons.